The van der Waals surface area contributed by atoms with E-state index >= 15 is 0 Å². The van der Waals surface area contributed by atoms with Gasteiger partial charge in [-0.05, 0) is 18.4 Å². The molecule has 1 aliphatic heterocycles. The fraction of sp³-hybridized carbons (Fsp3) is 0.556. The fourth-order valence-corrected chi connectivity index (χ4v) is 3.71. The first-order valence-electron chi connectivity index (χ1n) is 8.19. The van der Waals surface area contributed by atoms with E-state index in [4.69, 9.17) is 0 Å². The van der Waals surface area contributed by atoms with Gasteiger partial charge in [-0.1, -0.05) is 43.2 Å². The molecule has 0 aromatic heterocycles. The molecule has 4 nitrogen and oxygen atoms in total. The number of likely N-dealkylation sites (tertiary alicyclic amines) is 1. The number of rotatable bonds is 4. The predicted molar refractivity (Wildman–Crippen MR) is 85.3 cm³/mol. The Hall–Kier alpha value is -1.84. The van der Waals surface area contributed by atoms with E-state index in [0.717, 1.165) is 12.8 Å². The standard InChI is InChI=1S/C18H24N2O2/c1-14(21)20-11-15(12-20)17(22)19-13-18(9-5-6-10-18)16-7-3-2-4-8-16/h2-4,7-8,15H,5-6,9-13H2,1H3,(H,19,22). The number of hydrogen-bond donors (Lipinski definition) is 1. The van der Waals surface area contributed by atoms with Crippen molar-refractivity contribution in [2.45, 2.75) is 38.0 Å². The van der Waals surface area contributed by atoms with Gasteiger partial charge in [0.15, 0.2) is 0 Å². The third-order valence-electron chi connectivity index (χ3n) is 5.25. The van der Waals surface area contributed by atoms with Crippen molar-refractivity contribution in [3.8, 4) is 0 Å². The second-order valence-electron chi connectivity index (χ2n) is 6.69. The number of benzene rings is 1. The number of hydrogen-bond acceptors (Lipinski definition) is 2. The zero-order chi connectivity index (χ0) is 15.6. The van der Waals surface area contributed by atoms with Crippen LogP contribution in [0.3, 0.4) is 0 Å². The number of nitrogens with zero attached hydrogens (tertiary/aromatic N) is 1. The fourth-order valence-electron chi connectivity index (χ4n) is 3.71. The predicted octanol–water partition coefficient (Wildman–Crippen LogP) is 2.09. The van der Waals surface area contributed by atoms with Gasteiger partial charge in [0, 0.05) is 32.0 Å². The third-order valence-corrected chi connectivity index (χ3v) is 5.25. The first-order valence-corrected chi connectivity index (χ1v) is 8.19. The van der Waals surface area contributed by atoms with Crippen LogP contribution in [0.4, 0.5) is 0 Å². The van der Waals surface area contributed by atoms with Crippen LogP contribution in [-0.4, -0.2) is 36.3 Å². The summed E-state index contributed by atoms with van der Waals surface area (Å²) >= 11 is 0. The van der Waals surface area contributed by atoms with Crippen LogP contribution in [0, 0.1) is 5.92 Å². The van der Waals surface area contributed by atoms with Crippen molar-refractivity contribution in [2.24, 2.45) is 5.92 Å². The molecule has 1 heterocycles. The molecule has 0 spiro atoms. The molecule has 2 aliphatic rings. The maximum atomic E-state index is 12.3. The highest BCUT2D eigenvalue weighted by Gasteiger charge is 2.38. The van der Waals surface area contributed by atoms with Gasteiger partial charge in [-0.2, -0.15) is 0 Å². The Morgan fingerprint density at radius 3 is 2.41 bits per heavy atom. The van der Waals surface area contributed by atoms with Crippen molar-refractivity contribution in [3.05, 3.63) is 35.9 Å². The van der Waals surface area contributed by atoms with E-state index in [1.165, 1.54) is 18.4 Å². The molecule has 1 aromatic rings. The Labute approximate surface area is 131 Å². The van der Waals surface area contributed by atoms with Gasteiger partial charge in [-0.3, -0.25) is 9.59 Å². The van der Waals surface area contributed by atoms with Gasteiger partial charge >= 0.3 is 0 Å². The molecule has 1 aliphatic carbocycles. The van der Waals surface area contributed by atoms with E-state index < -0.39 is 0 Å². The van der Waals surface area contributed by atoms with Crippen LogP contribution in [-0.2, 0) is 15.0 Å². The SMILES string of the molecule is CC(=O)N1CC(C(=O)NCC2(c3ccccc3)CCCC2)C1. The summed E-state index contributed by atoms with van der Waals surface area (Å²) < 4.78 is 0. The monoisotopic (exact) mass is 300 g/mol. The molecule has 2 amide bonds. The average Bonchev–Trinajstić information content (AvgIpc) is 2.94. The smallest absolute Gasteiger partial charge is 0.226 e. The van der Waals surface area contributed by atoms with E-state index in [1.807, 2.05) is 6.07 Å². The normalized spacial score (nSPS) is 20.5. The lowest BCUT2D eigenvalue weighted by Gasteiger charge is -2.38. The zero-order valence-corrected chi connectivity index (χ0v) is 13.2. The Kier molecular flexibility index (Phi) is 4.19. The maximum Gasteiger partial charge on any atom is 0.226 e. The van der Waals surface area contributed by atoms with Crippen molar-refractivity contribution >= 4 is 11.8 Å². The van der Waals surface area contributed by atoms with Gasteiger partial charge in [0.1, 0.15) is 0 Å². The van der Waals surface area contributed by atoms with E-state index in [0.29, 0.717) is 19.6 Å². The molecule has 3 rings (SSSR count). The van der Waals surface area contributed by atoms with Gasteiger partial charge in [0.2, 0.25) is 11.8 Å². The third kappa shape index (κ3) is 2.87. The van der Waals surface area contributed by atoms with E-state index in [9.17, 15) is 9.59 Å². The highest BCUT2D eigenvalue weighted by Crippen LogP contribution is 2.40. The van der Waals surface area contributed by atoms with Crippen molar-refractivity contribution in [3.63, 3.8) is 0 Å². The number of nitrogens with one attached hydrogen (secondary N) is 1. The molecule has 2 fully saturated rings. The Morgan fingerprint density at radius 1 is 1.18 bits per heavy atom. The average molecular weight is 300 g/mol. The van der Waals surface area contributed by atoms with Gasteiger partial charge < -0.3 is 10.2 Å². The molecule has 118 valence electrons. The number of carbonyl (C=O) groups is 2. The van der Waals surface area contributed by atoms with Crippen molar-refractivity contribution in [2.75, 3.05) is 19.6 Å². The molecule has 1 saturated heterocycles. The summed E-state index contributed by atoms with van der Waals surface area (Å²) in [5.41, 5.74) is 1.44. The first-order chi connectivity index (χ1) is 10.6. The van der Waals surface area contributed by atoms with Crippen LogP contribution >= 0.6 is 0 Å². The van der Waals surface area contributed by atoms with Crippen LogP contribution in [0.25, 0.3) is 0 Å². The minimum atomic E-state index is -0.0295. The summed E-state index contributed by atoms with van der Waals surface area (Å²) in [4.78, 5) is 25.2. The zero-order valence-electron chi connectivity index (χ0n) is 13.2. The van der Waals surface area contributed by atoms with E-state index in [-0.39, 0.29) is 23.1 Å². The molecular formula is C18H24N2O2. The van der Waals surface area contributed by atoms with Crippen molar-refractivity contribution in [1.82, 2.24) is 10.2 Å². The molecule has 1 saturated carbocycles. The Bertz CT molecular complexity index is 543. The minimum absolute atomic E-state index is 0.0295. The lowest BCUT2D eigenvalue weighted by Crippen LogP contribution is -2.56. The largest absolute Gasteiger partial charge is 0.355 e. The topological polar surface area (TPSA) is 49.4 Å². The minimum Gasteiger partial charge on any atom is -0.355 e. The molecule has 0 unspecified atom stereocenters. The molecule has 4 heteroatoms. The quantitative estimate of drug-likeness (QED) is 0.925. The summed E-state index contributed by atoms with van der Waals surface area (Å²) in [6, 6.07) is 10.5. The van der Waals surface area contributed by atoms with Crippen molar-refractivity contribution < 1.29 is 9.59 Å². The molecular weight excluding hydrogens is 276 g/mol. The summed E-state index contributed by atoms with van der Waals surface area (Å²) in [7, 11) is 0. The van der Waals surface area contributed by atoms with E-state index in [2.05, 4.69) is 29.6 Å². The summed E-state index contributed by atoms with van der Waals surface area (Å²) in [5.74, 6) is 0.124. The molecule has 1 aromatic carbocycles. The maximum absolute atomic E-state index is 12.3. The van der Waals surface area contributed by atoms with Crippen molar-refractivity contribution in [1.29, 1.82) is 0 Å². The van der Waals surface area contributed by atoms with Gasteiger partial charge in [0.25, 0.3) is 0 Å². The first kappa shape index (κ1) is 15.1. The van der Waals surface area contributed by atoms with Crippen LogP contribution in [0.5, 0.6) is 0 Å². The summed E-state index contributed by atoms with van der Waals surface area (Å²) in [6.45, 7) is 3.41. The Balaban J connectivity index is 1.59. The van der Waals surface area contributed by atoms with E-state index in [1.54, 1.807) is 11.8 Å². The summed E-state index contributed by atoms with van der Waals surface area (Å²) in [6.07, 6.45) is 4.74. The second-order valence-corrected chi connectivity index (χ2v) is 6.69. The lowest BCUT2D eigenvalue weighted by atomic mass is 9.78. The van der Waals surface area contributed by atoms with Crippen LogP contribution < -0.4 is 5.32 Å². The molecule has 1 N–H and O–H groups in total. The highest BCUT2D eigenvalue weighted by molar-refractivity contribution is 5.83. The second kappa shape index (κ2) is 6.11. The Morgan fingerprint density at radius 2 is 1.82 bits per heavy atom. The van der Waals surface area contributed by atoms with Gasteiger partial charge in [0.05, 0.1) is 5.92 Å². The molecule has 0 radical (unpaired) electrons. The van der Waals surface area contributed by atoms with Crippen LogP contribution in [0.15, 0.2) is 30.3 Å². The summed E-state index contributed by atoms with van der Waals surface area (Å²) in [5, 5.41) is 3.15. The van der Waals surface area contributed by atoms with Crippen LogP contribution in [0.2, 0.25) is 0 Å². The molecule has 22 heavy (non-hydrogen) atoms. The molecule has 0 bridgehead atoms. The number of carbonyl (C=O) groups excluding carboxylic acids is 2. The van der Waals surface area contributed by atoms with Gasteiger partial charge in [-0.15, -0.1) is 0 Å². The molecule has 0 atom stereocenters. The van der Waals surface area contributed by atoms with Crippen LogP contribution in [0.1, 0.15) is 38.2 Å². The highest BCUT2D eigenvalue weighted by atomic mass is 16.2. The lowest BCUT2D eigenvalue weighted by molar-refractivity contribution is -0.141. The van der Waals surface area contributed by atoms with Gasteiger partial charge in [-0.25, -0.2) is 0 Å². The number of amides is 2.